The highest BCUT2D eigenvalue weighted by molar-refractivity contribution is 7.86. The van der Waals surface area contributed by atoms with Crippen LogP contribution in [-0.4, -0.2) is 18.8 Å². The number of aromatic nitrogens is 4. The van der Waals surface area contributed by atoms with Gasteiger partial charge >= 0.3 is 0 Å². The maximum Gasteiger partial charge on any atom is 0.173 e. The molecule has 2 unspecified atom stereocenters. The lowest BCUT2D eigenvalue weighted by atomic mass is 9.94. The lowest BCUT2D eigenvalue weighted by molar-refractivity contribution is 0.592. The van der Waals surface area contributed by atoms with Crippen molar-refractivity contribution >= 4 is 177 Å². The second kappa shape index (κ2) is 20.5. The van der Waals surface area contributed by atoms with E-state index in [0.717, 1.165) is 126 Å². The van der Waals surface area contributed by atoms with Gasteiger partial charge in [-0.1, -0.05) is 243 Å². The molecule has 4 heterocycles. The molecule has 0 aliphatic heterocycles. The van der Waals surface area contributed by atoms with Crippen molar-refractivity contribution in [2.75, 3.05) is 0 Å². The zero-order valence-electron chi connectivity index (χ0n) is 51.2. The zero-order valence-corrected chi connectivity index (χ0v) is 53.0. The Morgan fingerprint density at radius 3 is 1.53 bits per heavy atom. The van der Waals surface area contributed by atoms with Gasteiger partial charge in [0.2, 0.25) is 0 Å². The topological polar surface area (TPSA) is 68.7 Å². The molecule has 0 radical (unpaired) electrons. The molecule has 4 aromatic heterocycles. The van der Waals surface area contributed by atoms with Crippen molar-refractivity contribution in [3.05, 3.63) is 327 Å². The molecule has 0 saturated carbocycles. The minimum absolute atomic E-state index is 0.768. The second-order valence-corrected chi connectivity index (χ2v) is 30.8. The summed E-state index contributed by atoms with van der Waals surface area (Å²) in [5.41, 5.74) is 12.6. The van der Waals surface area contributed by atoms with Gasteiger partial charge in [-0.25, -0.2) is 9.97 Å². The van der Waals surface area contributed by atoms with Crippen LogP contribution in [0.5, 0.6) is 0 Å². The van der Waals surface area contributed by atoms with Gasteiger partial charge in [0, 0.05) is 53.4 Å². The Labute approximate surface area is 545 Å². The van der Waals surface area contributed by atoms with E-state index in [1.807, 2.05) is 78.9 Å². The van der Waals surface area contributed by atoms with Gasteiger partial charge in [-0.15, -0.1) is 0 Å². The van der Waals surface area contributed by atoms with Crippen molar-refractivity contribution in [3.63, 3.8) is 0 Å². The summed E-state index contributed by atoms with van der Waals surface area (Å²) in [6, 6.07) is 110. The van der Waals surface area contributed by atoms with E-state index >= 15 is 9.13 Å². The van der Waals surface area contributed by atoms with Gasteiger partial charge in [-0.3, -0.25) is 8.80 Å². The molecule has 21 rings (SSSR count). The maximum absolute atomic E-state index is 17.0. The average Bonchev–Trinajstić information content (AvgIpc) is 1.70. The van der Waals surface area contributed by atoms with Crippen LogP contribution in [0, 0.1) is 0 Å². The molecule has 0 amide bonds. The molecular weight excluding hydrogens is 1190 g/mol. The summed E-state index contributed by atoms with van der Waals surface area (Å²) in [5.74, 6) is 0. The summed E-state index contributed by atoms with van der Waals surface area (Å²) in [7, 11) is -6.92. The number of fused-ring (bicyclic) bond motifs is 21. The van der Waals surface area contributed by atoms with E-state index in [2.05, 4.69) is 245 Å². The van der Waals surface area contributed by atoms with Crippen LogP contribution in [0.4, 0.5) is 0 Å². The SMILES string of the molecule is O=P(c1ccccc1)(c1cc2ccc3cccc4ccc(c1)c2c34)c1c2ccccc2cc2c3ccccc3n3c4ccccc4nc3c12.O=P(c1ccccc1)(c1ccc2c(c1)-c1ccccc1C2)c1cccc2c1nc1c3cc4ccccc4cc3c3ccccc3n21. The number of para-hydroxylation sites is 5. The van der Waals surface area contributed by atoms with Crippen molar-refractivity contribution in [2.24, 2.45) is 0 Å². The maximum atomic E-state index is 17.0. The van der Waals surface area contributed by atoms with Gasteiger partial charge in [0.05, 0.1) is 27.6 Å². The van der Waals surface area contributed by atoms with Crippen LogP contribution < -0.4 is 31.8 Å². The molecule has 0 spiro atoms. The number of imidazole rings is 2. The molecule has 95 heavy (non-hydrogen) atoms. The minimum Gasteiger partial charge on any atom is -0.309 e. The first-order valence-electron chi connectivity index (χ1n) is 32.4. The number of benzene rings is 16. The Balaban J connectivity index is 0.000000131. The van der Waals surface area contributed by atoms with Crippen molar-refractivity contribution in [1.29, 1.82) is 0 Å². The Bertz CT molecular complexity index is 6710. The molecule has 0 N–H and O–H groups in total. The van der Waals surface area contributed by atoms with Crippen LogP contribution >= 0.6 is 14.3 Å². The molecule has 20 aromatic rings. The molecule has 0 bridgehead atoms. The van der Waals surface area contributed by atoms with E-state index in [4.69, 9.17) is 9.97 Å². The van der Waals surface area contributed by atoms with E-state index in [0.29, 0.717) is 0 Å². The van der Waals surface area contributed by atoms with Crippen molar-refractivity contribution in [3.8, 4) is 11.1 Å². The minimum atomic E-state index is -3.56. The lowest BCUT2D eigenvalue weighted by Gasteiger charge is -2.25. The predicted molar refractivity (Wildman–Crippen MR) is 401 cm³/mol. The largest absolute Gasteiger partial charge is 0.309 e. The molecule has 2 atom stereocenters. The van der Waals surface area contributed by atoms with Crippen molar-refractivity contribution in [2.45, 2.75) is 6.42 Å². The third-order valence-electron chi connectivity index (χ3n) is 20.3. The summed E-state index contributed by atoms with van der Waals surface area (Å²) < 4.78 is 37.6. The van der Waals surface area contributed by atoms with Crippen LogP contribution in [0.1, 0.15) is 11.1 Å². The summed E-state index contributed by atoms with van der Waals surface area (Å²) in [4.78, 5) is 10.7. The van der Waals surface area contributed by atoms with E-state index < -0.39 is 14.3 Å². The fourth-order valence-corrected chi connectivity index (χ4v) is 22.0. The van der Waals surface area contributed by atoms with Crippen LogP contribution in [0.2, 0.25) is 0 Å². The van der Waals surface area contributed by atoms with Crippen molar-refractivity contribution < 1.29 is 9.13 Å². The first-order valence-corrected chi connectivity index (χ1v) is 35.8. The van der Waals surface area contributed by atoms with Crippen LogP contribution in [0.25, 0.3) is 142 Å². The molecule has 1 aliphatic rings. The summed E-state index contributed by atoms with van der Waals surface area (Å²) >= 11 is 0. The Morgan fingerprint density at radius 1 is 0.284 bits per heavy atom. The van der Waals surface area contributed by atoms with Crippen LogP contribution in [0.15, 0.2) is 315 Å². The highest BCUT2D eigenvalue weighted by atomic mass is 31.2. The highest BCUT2D eigenvalue weighted by Crippen LogP contribution is 2.52. The fourth-order valence-electron chi connectivity index (χ4n) is 16.1. The number of hydrogen-bond acceptors (Lipinski definition) is 4. The Morgan fingerprint density at radius 2 is 0.800 bits per heavy atom. The third-order valence-corrected chi connectivity index (χ3v) is 26.5. The average molecular weight is 1250 g/mol. The molecule has 0 fully saturated rings. The predicted octanol–water partition coefficient (Wildman–Crippen LogP) is 19.6. The van der Waals surface area contributed by atoms with Crippen LogP contribution in [0.3, 0.4) is 0 Å². The van der Waals surface area contributed by atoms with Gasteiger partial charge in [-0.05, 0) is 166 Å². The molecule has 1 aliphatic carbocycles. The molecule has 444 valence electrons. The van der Waals surface area contributed by atoms with Crippen molar-refractivity contribution in [1.82, 2.24) is 18.8 Å². The molecular formula is C87H54N4O2P2. The first kappa shape index (κ1) is 54.1. The second-order valence-electron chi connectivity index (χ2n) is 25.4. The van der Waals surface area contributed by atoms with Crippen LogP contribution in [-0.2, 0) is 15.6 Å². The van der Waals surface area contributed by atoms with Gasteiger partial charge in [0.15, 0.2) is 14.3 Å². The quantitative estimate of drug-likeness (QED) is 0.0945. The Hall–Kier alpha value is -11.5. The molecule has 16 aromatic carbocycles. The summed E-state index contributed by atoms with van der Waals surface area (Å²) in [6.07, 6.45) is 0.901. The van der Waals surface area contributed by atoms with E-state index in [-0.39, 0.29) is 0 Å². The van der Waals surface area contributed by atoms with E-state index in [9.17, 15) is 0 Å². The zero-order chi connectivity index (χ0) is 62.7. The number of hydrogen-bond donors (Lipinski definition) is 0. The third kappa shape index (κ3) is 7.81. The fraction of sp³-hybridized carbons (Fsp3) is 0.0115. The van der Waals surface area contributed by atoms with Gasteiger partial charge in [-0.2, -0.15) is 0 Å². The van der Waals surface area contributed by atoms with Gasteiger partial charge < -0.3 is 9.13 Å². The molecule has 6 nitrogen and oxygen atoms in total. The highest BCUT2D eigenvalue weighted by Gasteiger charge is 2.38. The van der Waals surface area contributed by atoms with E-state index in [1.165, 1.54) is 65.3 Å². The number of rotatable bonds is 6. The summed E-state index contributed by atoms with van der Waals surface area (Å²) in [5, 5.41) is 22.9. The normalized spacial score (nSPS) is 13.7. The lowest BCUT2D eigenvalue weighted by Crippen LogP contribution is -2.27. The summed E-state index contributed by atoms with van der Waals surface area (Å²) in [6.45, 7) is 0. The number of pyridine rings is 2. The first-order chi connectivity index (χ1) is 46.9. The van der Waals surface area contributed by atoms with Gasteiger partial charge in [0.25, 0.3) is 0 Å². The standard InChI is InChI=1S/C45H27N2OP.C42H27N2OP/c48-49(33-14-2-1-3-15-33,34-25-31-23-21-28-12-10-13-29-22-24-32(26-34)42(31)41(28)29)44-35-16-5-4-11-30(35)27-37-36-17-6-8-19-39(36)47-40-20-9-7-18-38(40)46-45(47)43(37)44;45-46(31-14-2-1-3-15-31,32-22-21-30-23-29-13-6-7-16-33(29)35(30)26-32)40-20-10-19-39-41(40)43-42-37-25-28-12-5-4-11-27(28)24-36(37)34-17-8-9-18-38(34)44(39)42/h1-27H;1-22,24-26H,23H2. The molecule has 0 saturated heterocycles. The monoisotopic (exact) mass is 1250 g/mol. The Kier molecular flexibility index (Phi) is 11.7. The number of nitrogens with zero attached hydrogens (tertiary/aromatic N) is 4. The smallest absolute Gasteiger partial charge is 0.173 e. The molecule has 8 heteroatoms. The van der Waals surface area contributed by atoms with Gasteiger partial charge in [0.1, 0.15) is 16.8 Å². The van der Waals surface area contributed by atoms with E-state index in [1.54, 1.807) is 0 Å².